The first-order chi connectivity index (χ1) is 10.4. The van der Waals surface area contributed by atoms with E-state index in [0.717, 1.165) is 11.4 Å². The van der Waals surface area contributed by atoms with Gasteiger partial charge in [0.25, 0.3) is 10.0 Å². The second-order valence-corrected chi connectivity index (χ2v) is 7.08. The summed E-state index contributed by atoms with van der Waals surface area (Å²) >= 11 is 5.79. The number of nitrogens with one attached hydrogen (secondary N) is 1. The van der Waals surface area contributed by atoms with Crippen molar-refractivity contribution in [2.24, 2.45) is 0 Å². The summed E-state index contributed by atoms with van der Waals surface area (Å²) in [5.74, 6) is 0. The molecule has 2 aromatic heterocycles. The van der Waals surface area contributed by atoms with Crippen LogP contribution in [0.25, 0.3) is 5.65 Å². The van der Waals surface area contributed by atoms with Crippen molar-refractivity contribution in [1.82, 2.24) is 9.38 Å². The molecule has 114 valence electrons. The summed E-state index contributed by atoms with van der Waals surface area (Å²) in [6.45, 7) is 3.83. The van der Waals surface area contributed by atoms with E-state index in [4.69, 9.17) is 11.6 Å². The number of aromatic nitrogens is 2. The van der Waals surface area contributed by atoms with Crippen LogP contribution in [0.1, 0.15) is 11.4 Å². The van der Waals surface area contributed by atoms with Gasteiger partial charge in [-0.3, -0.25) is 4.72 Å². The molecule has 0 saturated carbocycles. The Balaban J connectivity index is 2.06. The zero-order chi connectivity index (χ0) is 15.9. The minimum Gasteiger partial charge on any atom is -0.302 e. The zero-order valence-corrected chi connectivity index (χ0v) is 13.6. The van der Waals surface area contributed by atoms with Crippen molar-refractivity contribution >= 4 is 33.0 Å². The van der Waals surface area contributed by atoms with Crippen LogP contribution in [0, 0.1) is 13.8 Å². The van der Waals surface area contributed by atoms with Crippen LogP contribution in [-0.2, 0) is 10.0 Å². The van der Waals surface area contributed by atoms with Crippen molar-refractivity contribution in [2.45, 2.75) is 18.7 Å². The molecule has 3 aromatic rings. The second-order valence-electron chi connectivity index (χ2n) is 4.96. The quantitative estimate of drug-likeness (QED) is 0.797. The number of halogens is 1. The van der Waals surface area contributed by atoms with E-state index in [0.29, 0.717) is 16.4 Å². The topological polar surface area (TPSA) is 63.5 Å². The average molecular weight is 336 g/mol. The molecule has 0 atom stereocenters. The van der Waals surface area contributed by atoms with Crippen LogP contribution in [0.3, 0.4) is 0 Å². The largest absolute Gasteiger partial charge is 0.302 e. The van der Waals surface area contributed by atoms with Crippen LogP contribution in [-0.4, -0.2) is 17.8 Å². The predicted molar refractivity (Wildman–Crippen MR) is 86.9 cm³/mol. The number of pyridine rings is 1. The Morgan fingerprint density at radius 1 is 1.14 bits per heavy atom. The number of imidazole rings is 1. The highest BCUT2D eigenvalue weighted by Gasteiger charge is 2.17. The van der Waals surface area contributed by atoms with Crippen molar-refractivity contribution < 1.29 is 8.42 Å². The number of hydrogen-bond acceptors (Lipinski definition) is 3. The Morgan fingerprint density at radius 3 is 2.50 bits per heavy atom. The Hall–Kier alpha value is -2.05. The van der Waals surface area contributed by atoms with Gasteiger partial charge in [0.05, 0.1) is 16.3 Å². The van der Waals surface area contributed by atoms with Gasteiger partial charge in [-0.1, -0.05) is 11.6 Å². The standard InChI is InChI=1S/C15H14ClN3O2S/c1-10-11(2)19-9-3-4-14(15(19)17-10)18-22(20,21)13-7-5-12(16)6-8-13/h3-9,18H,1-2H3. The van der Waals surface area contributed by atoms with Crippen molar-refractivity contribution in [3.8, 4) is 0 Å². The van der Waals surface area contributed by atoms with Gasteiger partial charge in [0.15, 0.2) is 5.65 Å². The molecule has 22 heavy (non-hydrogen) atoms. The van der Waals surface area contributed by atoms with E-state index < -0.39 is 10.0 Å². The zero-order valence-electron chi connectivity index (χ0n) is 12.0. The maximum atomic E-state index is 12.5. The first kappa shape index (κ1) is 14.9. The number of nitrogens with zero attached hydrogens (tertiary/aromatic N) is 2. The van der Waals surface area contributed by atoms with E-state index >= 15 is 0 Å². The second kappa shape index (κ2) is 5.30. The summed E-state index contributed by atoms with van der Waals surface area (Å²) in [5.41, 5.74) is 2.85. The molecule has 0 saturated heterocycles. The Kier molecular flexibility index (Phi) is 3.58. The van der Waals surface area contributed by atoms with Crippen LogP contribution in [0.2, 0.25) is 5.02 Å². The molecule has 5 nitrogen and oxygen atoms in total. The summed E-state index contributed by atoms with van der Waals surface area (Å²) in [6.07, 6.45) is 1.85. The van der Waals surface area contributed by atoms with Crippen molar-refractivity contribution in [1.29, 1.82) is 0 Å². The molecular formula is C15H14ClN3O2S. The van der Waals surface area contributed by atoms with Crippen LogP contribution < -0.4 is 4.72 Å². The number of sulfonamides is 1. The molecule has 0 unspecified atom stereocenters. The molecule has 0 radical (unpaired) electrons. The fourth-order valence-electron chi connectivity index (χ4n) is 2.20. The van der Waals surface area contributed by atoms with E-state index in [9.17, 15) is 8.42 Å². The van der Waals surface area contributed by atoms with Gasteiger partial charge in [0.2, 0.25) is 0 Å². The first-order valence-corrected chi connectivity index (χ1v) is 8.47. The molecule has 1 aromatic carbocycles. The van der Waals surface area contributed by atoms with Crippen LogP contribution in [0.5, 0.6) is 0 Å². The van der Waals surface area contributed by atoms with Gasteiger partial charge in [-0.25, -0.2) is 13.4 Å². The average Bonchev–Trinajstić information content (AvgIpc) is 2.76. The third-order valence-corrected chi connectivity index (χ3v) is 5.13. The van der Waals surface area contributed by atoms with Crippen molar-refractivity contribution in [2.75, 3.05) is 4.72 Å². The molecule has 0 aliphatic carbocycles. The van der Waals surface area contributed by atoms with Crippen molar-refractivity contribution in [3.63, 3.8) is 0 Å². The fourth-order valence-corrected chi connectivity index (χ4v) is 3.38. The summed E-state index contributed by atoms with van der Waals surface area (Å²) in [6, 6.07) is 9.48. The smallest absolute Gasteiger partial charge is 0.262 e. The summed E-state index contributed by atoms with van der Waals surface area (Å²) in [5, 5.41) is 0.487. The van der Waals surface area contributed by atoms with Gasteiger partial charge < -0.3 is 4.40 Å². The molecular weight excluding hydrogens is 322 g/mol. The Morgan fingerprint density at radius 2 is 1.82 bits per heavy atom. The lowest BCUT2D eigenvalue weighted by Crippen LogP contribution is -2.13. The predicted octanol–water partition coefficient (Wildman–Crippen LogP) is 3.41. The number of aryl methyl sites for hydroxylation is 2. The van der Waals surface area contributed by atoms with E-state index in [1.165, 1.54) is 12.1 Å². The summed E-state index contributed by atoms with van der Waals surface area (Å²) < 4.78 is 29.4. The first-order valence-electron chi connectivity index (χ1n) is 6.61. The maximum Gasteiger partial charge on any atom is 0.262 e. The summed E-state index contributed by atoms with van der Waals surface area (Å²) in [7, 11) is -3.69. The molecule has 0 aliphatic heterocycles. The lowest BCUT2D eigenvalue weighted by Gasteiger charge is -2.09. The van der Waals surface area contributed by atoms with Gasteiger partial charge in [0.1, 0.15) is 0 Å². The highest BCUT2D eigenvalue weighted by molar-refractivity contribution is 7.92. The lowest BCUT2D eigenvalue weighted by molar-refractivity contribution is 0.601. The lowest BCUT2D eigenvalue weighted by atomic mass is 10.4. The normalized spacial score (nSPS) is 11.8. The van der Waals surface area contributed by atoms with E-state index in [1.807, 2.05) is 24.4 Å². The molecule has 0 fully saturated rings. The number of rotatable bonds is 3. The van der Waals surface area contributed by atoms with Crippen molar-refractivity contribution in [3.05, 3.63) is 59.0 Å². The van der Waals surface area contributed by atoms with Gasteiger partial charge in [-0.15, -0.1) is 0 Å². The highest BCUT2D eigenvalue weighted by atomic mass is 35.5. The monoisotopic (exact) mass is 335 g/mol. The number of fused-ring (bicyclic) bond motifs is 1. The van der Waals surface area contributed by atoms with E-state index in [2.05, 4.69) is 9.71 Å². The Bertz CT molecular complexity index is 947. The Labute approximate surface area is 133 Å². The minimum atomic E-state index is -3.69. The van der Waals surface area contributed by atoms with Gasteiger partial charge in [-0.05, 0) is 50.2 Å². The molecule has 2 heterocycles. The number of hydrogen-bond donors (Lipinski definition) is 1. The minimum absolute atomic E-state index is 0.152. The van der Waals surface area contributed by atoms with E-state index in [-0.39, 0.29) is 4.90 Å². The third-order valence-electron chi connectivity index (χ3n) is 3.49. The SMILES string of the molecule is Cc1nc2c(NS(=O)(=O)c3ccc(Cl)cc3)cccn2c1C. The van der Waals surface area contributed by atoms with E-state index in [1.54, 1.807) is 24.3 Å². The molecule has 0 spiro atoms. The van der Waals surface area contributed by atoms with Crippen LogP contribution in [0.4, 0.5) is 5.69 Å². The molecule has 3 rings (SSSR count). The molecule has 0 aliphatic rings. The van der Waals surface area contributed by atoms with Gasteiger partial charge in [0, 0.05) is 16.9 Å². The fraction of sp³-hybridized carbons (Fsp3) is 0.133. The highest BCUT2D eigenvalue weighted by Crippen LogP contribution is 2.23. The summed E-state index contributed by atoms with van der Waals surface area (Å²) in [4.78, 5) is 4.57. The number of benzene rings is 1. The molecule has 1 N–H and O–H groups in total. The van der Waals surface area contributed by atoms with Crippen LogP contribution >= 0.6 is 11.6 Å². The molecule has 7 heteroatoms. The third kappa shape index (κ3) is 2.55. The van der Waals surface area contributed by atoms with Gasteiger partial charge in [-0.2, -0.15) is 0 Å². The molecule has 0 amide bonds. The van der Waals surface area contributed by atoms with Gasteiger partial charge >= 0.3 is 0 Å². The number of anilines is 1. The molecule has 0 bridgehead atoms. The maximum absolute atomic E-state index is 12.5. The van der Waals surface area contributed by atoms with Crippen LogP contribution in [0.15, 0.2) is 47.5 Å².